The Morgan fingerprint density at radius 3 is 2.61 bits per heavy atom. The van der Waals surface area contributed by atoms with E-state index in [2.05, 4.69) is 0 Å². The van der Waals surface area contributed by atoms with Crippen molar-refractivity contribution in [3.05, 3.63) is 23.8 Å². The van der Waals surface area contributed by atoms with Crippen LogP contribution in [0.15, 0.2) is 23.1 Å². The van der Waals surface area contributed by atoms with Crippen LogP contribution in [0.2, 0.25) is 0 Å². The number of nitrogens with zero attached hydrogens (tertiary/aromatic N) is 2. The van der Waals surface area contributed by atoms with Gasteiger partial charge in [0.2, 0.25) is 10.0 Å². The molecule has 6 heteroatoms. The monoisotopic (exact) mass is 267 g/mol. The van der Waals surface area contributed by atoms with Crippen LogP contribution in [0.5, 0.6) is 0 Å². The van der Waals surface area contributed by atoms with E-state index >= 15 is 0 Å². The highest BCUT2D eigenvalue weighted by molar-refractivity contribution is 7.89. The third-order valence-corrected chi connectivity index (χ3v) is 4.90. The van der Waals surface area contributed by atoms with E-state index in [0.29, 0.717) is 5.69 Å². The minimum Gasteiger partial charge on any atom is -0.398 e. The van der Waals surface area contributed by atoms with Gasteiger partial charge >= 0.3 is 0 Å². The number of aryl methyl sites for hydroxylation is 1. The smallest absolute Gasteiger partial charge is 0.243 e. The molecule has 0 aromatic heterocycles. The van der Waals surface area contributed by atoms with E-state index < -0.39 is 10.0 Å². The molecule has 0 aliphatic heterocycles. The molecule has 1 aromatic rings. The van der Waals surface area contributed by atoms with Crippen LogP contribution in [0.1, 0.15) is 18.9 Å². The van der Waals surface area contributed by atoms with E-state index in [-0.39, 0.29) is 17.4 Å². The third-order valence-electron chi connectivity index (χ3n) is 2.94. The molecular weight excluding hydrogens is 250 g/mol. The normalized spacial score (nSPS) is 13.3. The standard InChI is InChI=1S/C12H17N3O2S/c1-9-4-5-11(8-12(9)14)18(16,17)15(3)10(2)6-7-13/h4-5,8,10H,6,14H2,1-3H3. The summed E-state index contributed by atoms with van der Waals surface area (Å²) in [6.07, 6.45) is 0.150. The molecule has 0 aliphatic carbocycles. The van der Waals surface area contributed by atoms with Gasteiger partial charge in [-0.25, -0.2) is 8.42 Å². The molecule has 0 spiro atoms. The van der Waals surface area contributed by atoms with Gasteiger partial charge < -0.3 is 5.73 Å². The number of hydrogen-bond donors (Lipinski definition) is 1. The SMILES string of the molecule is Cc1ccc(S(=O)(=O)N(C)C(C)CC#N)cc1N. The van der Waals surface area contributed by atoms with E-state index in [9.17, 15) is 8.42 Å². The van der Waals surface area contributed by atoms with Crippen molar-refractivity contribution in [3.63, 3.8) is 0 Å². The van der Waals surface area contributed by atoms with Gasteiger partial charge in [0.15, 0.2) is 0 Å². The number of benzene rings is 1. The molecule has 1 aromatic carbocycles. The summed E-state index contributed by atoms with van der Waals surface area (Å²) in [6, 6.07) is 6.23. The van der Waals surface area contributed by atoms with Crippen LogP contribution in [-0.2, 0) is 10.0 Å². The molecule has 5 nitrogen and oxygen atoms in total. The quantitative estimate of drug-likeness (QED) is 0.837. The summed E-state index contributed by atoms with van der Waals surface area (Å²) in [5.41, 5.74) is 6.99. The fourth-order valence-electron chi connectivity index (χ4n) is 1.44. The summed E-state index contributed by atoms with van der Waals surface area (Å²) in [7, 11) is -2.13. The second-order valence-corrected chi connectivity index (χ2v) is 6.25. The molecule has 2 N–H and O–H groups in total. The molecule has 0 radical (unpaired) electrons. The van der Waals surface area contributed by atoms with Crippen molar-refractivity contribution >= 4 is 15.7 Å². The summed E-state index contributed by atoms with van der Waals surface area (Å²) in [4.78, 5) is 0.151. The molecule has 0 saturated carbocycles. The summed E-state index contributed by atoms with van der Waals surface area (Å²) < 4.78 is 25.7. The van der Waals surface area contributed by atoms with E-state index in [4.69, 9.17) is 11.0 Å². The Hall–Kier alpha value is -1.58. The molecule has 0 amide bonds. The largest absolute Gasteiger partial charge is 0.398 e. The van der Waals surface area contributed by atoms with E-state index in [1.54, 1.807) is 13.0 Å². The van der Waals surface area contributed by atoms with Crippen LogP contribution in [0.3, 0.4) is 0 Å². The van der Waals surface area contributed by atoms with Gasteiger partial charge in [-0.15, -0.1) is 0 Å². The van der Waals surface area contributed by atoms with Gasteiger partial charge in [-0.2, -0.15) is 9.57 Å². The number of anilines is 1. The van der Waals surface area contributed by atoms with Crippen LogP contribution < -0.4 is 5.73 Å². The molecular formula is C12H17N3O2S. The Morgan fingerprint density at radius 2 is 2.11 bits per heavy atom. The molecule has 0 aliphatic rings. The summed E-state index contributed by atoms with van der Waals surface area (Å²) in [5.74, 6) is 0. The van der Waals surface area contributed by atoms with Gasteiger partial charge in [0.1, 0.15) is 0 Å². The van der Waals surface area contributed by atoms with Gasteiger partial charge in [-0.05, 0) is 31.5 Å². The third kappa shape index (κ3) is 2.81. The van der Waals surface area contributed by atoms with Gasteiger partial charge in [0, 0.05) is 18.8 Å². The maximum absolute atomic E-state index is 12.3. The van der Waals surface area contributed by atoms with Gasteiger partial charge in [0.25, 0.3) is 0 Å². The number of hydrogen-bond acceptors (Lipinski definition) is 4. The highest BCUT2D eigenvalue weighted by atomic mass is 32.2. The lowest BCUT2D eigenvalue weighted by Gasteiger charge is -2.22. The molecule has 98 valence electrons. The molecule has 0 saturated heterocycles. The first kappa shape index (κ1) is 14.5. The van der Waals surface area contributed by atoms with E-state index in [1.165, 1.54) is 23.5 Å². The Labute approximate surface area is 108 Å². The lowest BCUT2D eigenvalue weighted by molar-refractivity contribution is 0.393. The lowest BCUT2D eigenvalue weighted by atomic mass is 10.2. The summed E-state index contributed by atoms with van der Waals surface area (Å²) in [6.45, 7) is 3.51. The fraction of sp³-hybridized carbons (Fsp3) is 0.417. The van der Waals surface area contributed by atoms with Gasteiger partial charge in [-0.3, -0.25) is 0 Å². The molecule has 1 atom stereocenters. The zero-order valence-corrected chi connectivity index (χ0v) is 11.5. The molecule has 18 heavy (non-hydrogen) atoms. The predicted octanol–water partition coefficient (Wildman–Crippen LogP) is 1.50. The van der Waals surface area contributed by atoms with Crippen LogP contribution in [-0.4, -0.2) is 25.8 Å². The second-order valence-electron chi connectivity index (χ2n) is 4.25. The van der Waals surface area contributed by atoms with Crippen molar-refractivity contribution in [2.75, 3.05) is 12.8 Å². The Kier molecular flexibility index (Phi) is 4.33. The van der Waals surface area contributed by atoms with Crippen LogP contribution in [0.25, 0.3) is 0 Å². The number of nitriles is 1. The number of nitrogen functional groups attached to an aromatic ring is 1. The van der Waals surface area contributed by atoms with E-state index in [0.717, 1.165) is 5.56 Å². The Morgan fingerprint density at radius 1 is 1.50 bits per heavy atom. The number of sulfonamides is 1. The second kappa shape index (κ2) is 5.38. The van der Waals surface area contributed by atoms with E-state index in [1.807, 2.05) is 13.0 Å². The molecule has 1 rings (SSSR count). The van der Waals surface area contributed by atoms with Crippen LogP contribution in [0, 0.1) is 18.3 Å². The Bertz CT molecular complexity index is 575. The number of rotatable bonds is 4. The lowest BCUT2D eigenvalue weighted by Crippen LogP contribution is -2.34. The Balaban J connectivity index is 3.14. The average molecular weight is 267 g/mol. The van der Waals surface area contributed by atoms with Crippen molar-refractivity contribution in [1.29, 1.82) is 5.26 Å². The first-order valence-corrected chi connectivity index (χ1v) is 6.95. The molecule has 0 heterocycles. The maximum atomic E-state index is 12.3. The first-order valence-electron chi connectivity index (χ1n) is 5.51. The molecule has 1 unspecified atom stereocenters. The van der Waals surface area contributed by atoms with Crippen LogP contribution in [0.4, 0.5) is 5.69 Å². The van der Waals surface area contributed by atoms with Gasteiger partial charge in [0.05, 0.1) is 17.4 Å². The molecule has 0 fully saturated rings. The van der Waals surface area contributed by atoms with Crippen molar-refractivity contribution in [2.45, 2.75) is 31.2 Å². The van der Waals surface area contributed by atoms with Gasteiger partial charge in [-0.1, -0.05) is 6.07 Å². The highest BCUT2D eigenvalue weighted by Crippen LogP contribution is 2.21. The predicted molar refractivity (Wildman–Crippen MR) is 70.2 cm³/mol. The zero-order chi connectivity index (χ0) is 13.9. The first-order chi connectivity index (χ1) is 8.30. The fourth-order valence-corrected chi connectivity index (χ4v) is 2.84. The molecule has 0 bridgehead atoms. The average Bonchev–Trinajstić information content (AvgIpc) is 2.31. The summed E-state index contributed by atoms with van der Waals surface area (Å²) in [5, 5.41) is 8.61. The topological polar surface area (TPSA) is 87.2 Å². The minimum absolute atomic E-state index is 0.150. The van der Waals surface area contributed by atoms with Crippen molar-refractivity contribution < 1.29 is 8.42 Å². The van der Waals surface area contributed by atoms with Crippen molar-refractivity contribution in [1.82, 2.24) is 4.31 Å². The van der Waals surface area contributed by atoms with Crippen molar-refractivity contribution in [2.24, 2.45) is 0 Å². The van der Waals surface area contributed by atoms with Crippen molar-refractivity contribution in [3.8, 4) is 6.07 Å². The van der Waals surface area contributed by atoms with Crippen LogP contribution >= 0.6 is 0 Å². The summed E-state index contributed by atoms with van der Waals surface area (Å²) >= 11 is 0. The number of nitrogens with two attached hydrogens (primary N) is 1. The maximum Gasteiger partial charge on any atom is 0.243 e. The zero-order valence-electron chi connectivity index (χ0n) is 10.7. The highest BCUT2D eigenvalue weighted by Gasteiger charge is 2.25. The minimum atomic E-state index is -3.60.